The molecule has 2 fully saturated rings. The van der Waals surface area contributed by atoms with E-state index in [9.17, 15) is 23.6 Å². The number of carbonyl (C=O) groups is 4. The van der Waals surface area contributed by atoms with Crippen LogP contribution >= 0.6 is 11.6 Å². The highest BCUT2D eigenvalue weighted by atomic mass is 35.5. The molecule has 166 valence electrons. The summed E-state index contributed by atoms with van der Waals surface area (Å²) in [6, 6.07) is 11.1. The topological polar surface area (TPSA) is 74.8 Å². The summed E-state index contributed by atoms with van der Waals surface area (Å²) in [5.74, 6) is -3.42. The zero-order chi connectivity index (χ0) is 23.0. The van der Waals surface area contributed by atoms with E-state index in [1.165, 1.54) is 24.3 Å². The average molecular weight is 457 g/mol. The van der Waals surface area contributed by atoms with E-state index in [0.29, 0.717) is 18.8 Å². The van der Waals surface area contributed by atoms with Gasteiger partial charge in [0, 0.05) is 5.56 Å². The summed E-state index contributed by atoms with van der Waals surface area (Å²) in [5.41, 5.74) is 0.235. The lowest BCUT2D eigenvalue weighted by Gasteiger charge is -2.30. The van der Waals surface area contributed by atoms with Crippen molar-refractivity contribution in [1.82, 2.24) is 10.0 Å². The Bertz CT molecular complexity index is 1090. The molecule has 3 amide bonds. The van der Waals surface area contributed by atoms with E-state index in [1.54, 1.807) is 12.1 Å². The average Bonchev–Trinajstić information content (AvgIpc) is 3.01. The van der Waals surface area contributed by atoms with Crippen LogP contribution in [0.5, 0.6) is 0 Å². The van der Waals surface area contributed by atoms with Crippen molar-refractivity contribution in [2.75, 3.05) is 6.54 Å². The zero-order valence-corrected chi connectivity index (χ0v) is 18.2. The van der Waals surface area contributed by atoms with Gasteiger partial charge in [-0.1, -0.05) is 30.7 Å². The van der Waals surface area contributed by atoms with Gasteiger partial charge in [0.05, 0.1) is 22.4 Å². The predicted octanol–water partition coefficient (Wildman–Crippen LogP) is 4.14. The molecule has 0 spiro atoms. The lowest BCUT2D eigenvalue weighted by molar-refractivity contribution is -0.154. The fourth-order valence-electron chi connectivity index (χ4n) is 4.48. The van der Waals surface area contributed by atoms with Crippen molar-refractivity contribution >= 4 is 35.1 Å². The number of imide groups is 1. The Kier molecular flexibility index (Phi) is 6.11. The molecule has 1 aliphatic heterocycles. The Morgan fingerprint density at radius 1 is 1.03 bits per heavy atom. The number of amides is 3. The normalized spacial score (nSPS) is 22.6. The van der Waals surface area contributed by atoms with Crippen molar-refractivity contribution in [2.45, 2.75) is 26.2 Å². The maximum Gasteiger partial charge on any atom is 0.274 e. The zero-order valence-electron chi connectivity index (χ0n) is 17.5. The fourth-order valence-corrected chi connectivity index (χ4v) is 4.70. The van der Waals surface area contributed by atoms with Crippen LogP contribution in [0.2, 0.25) is 5.02 Å². The lowest BCUT2D eigenvalue weighted by Crippen LogP contribution is -2.52. The fraction of sp³-hybridized carbons (Fsp3) is 0.333. The molecule has 0 N–H and O–H groups in total. The first-order valence-electron chi connectivity index (χ1n) is 10.5. The molecular weight excluding hydrogens is 435 g/mol. The molecule has 2 aromatic rings. The van der Waals surface area contributed by atoms with Crippen LogP contribution in [0.25, 0.3) is 0 Å². The molecule has 4 rings (SSSR count). The van der Waals surface area contributed by atoms with Gasteiger partial charge in [0.15, 0.2) is 5.78 Å². The number of hydrogen-bond acceptors (Lipinski definition) is 4. The molecule has 8 heteroatoms. The van der Waals surface area contributed by atoms with Crippen LogP contribution in [0.15, 0.2) is 48.5 Å². The van der Waals surface area contributed by atoms with Crippen LogP contribution in [0, 0.1) is 23.6 Å². The minimum atomic E-state index is -0.723. The molecule has 2 aliphatic rings. The van der Waals surface area contributed by atoms with Gasteiger partial charge < -0.3 is 0 Å². The summed E-state index contributed by atoms with van der Waals surface area (Å²) < 4.78 is 13.3. The minimum absolute atomic E-state index is 0.0740. The Morgan fingerprint density at radius 3 is 2.38 bits per heavy atom. The van der Waals surface area contributed by atoms with E-state index < -0.39 is 47.7 Å². The van der Waals surface area contributed by atoms with Crippen LogP contribution in [0.1, 0.15) is 46.9 Å². The molecule has 0 radical (unpaired) electrons. The quantitative estimate of drug-likeness (QED) is 0.500. The number of fused-ring (bicyclic) bond motifs is 1. The molecule has 2 aromatic carbocycles. The third-order valence-electron chi connectivity index (χ3n) is 6.20. The van der Waals surface area contributed by atoms with Crippen LogP contribution in [0.4, 0.5) is 4.39 Å². The Labute approximate surface area is 189 Å². The summed E-state index contributed by atoms with van der Waals surface area (Å²) >= 11 is 6.19. The monoisotopic (exact) mass is 456 g/mol. The van der Waals surface area contributed by atoms with Crippen LogP contribution in [-0.2, 0) is 9.59 Å². The third kappa shape index (κ3) is 4.05. The van der Waals surface area contributed by atoms with Crippen molar-refractivity contribution in [2.24, 2.45) is 17.8 Å². The number of ketones is 1. The van der Waals surface area contributed by atoms with E-state index in [4.69, 9.17) is 11.6 Å². The summed E-state index contributed by atoms with van der Waals surface area (Å²) in [6.45, 7) is 1.48. The van der Waals surface area contributed by atoms with E-state index in [-0.39, 0.29) is 16.1 Å². The van der Waals surface area contributed by atoms with Gasteiger partial charge in [-0.3, -0.25) is 19.2 Å². The molecule has 0 bridgehead atoms. The first kappa shape index (κ1) is 22.1. The number of halogens is 2. The minimum Gasteiger partial charge on any atom is -0.292 e. The van der Waals surface area contributed by atoms with Gasteiger partial charge in [0.25, 0.3) is 17.7 Å². The largest absolute Gasteiger partial charge is 0.292 e. The molecule has 0 aromatic heterocycles. The standard InChI is InChI=1S/C24H22ClFN2O4/c1-14-6-11-17-19(12-14)24(32)28(23(17)31)27(22(30)18-4-2-3-5-20(18)25)13-21(29)15-7-9-16(26)10-8-15/h2-5,7-10,14,17,19H,6,11-13H2,1H3/t14-,17-,19+/m1/s1. The van der Waals surface area contributed by atoms with Gasteiger partial charge in [-0.05, 0) is 61.6 Å². The number of carbonyl (C=O) groups excluding carboxylic acids is 4. The van der Waals surface area contributed by atoms with Gasteiger partial charge in [0.2, 0.25) is 0 Å². The van der Waals surface area contributed by atoms with Gasteiger partial charge in [-0.2, -0.15) is 5.01 Å². The molecule has 32 heavy (non-hydrogen) atoms. The van der Waals surface area contributed by atoms with Gasteiger partial charge in [0.1, 0.15) is 12.4 Å². The van der Waals surface area contributed by atoms with E-state index in [1.807, 2.05) is 6.92 Å². The van der Waals surface area contributed by atoms with Crippen LogP contribution < -0.4 is 0 Å². The van der Waals surface area contributed by atoms with E-state index in [2.05, 4.69) is 0 Å². The van der Waals surface area contributed by atoms with Crippen LogP contribution in [-0.4, -0.2) is 40.1 Å². The van der Waals surface area contributed by atoms with Crippen molar-refractivity contribution in [3.05, 3.63) is 70.5 Å². The highest BCUT2D eigenvalue weighted by Gasteiger charge is 2.52. The summed E-state index contributed by atoms with van der Waals surface area (Å²) in [6.07, 6.45) is 1.94. The Morgan fingerprint density at radius 2 is 1.69 bits per heavy atom. The second kappa shape index (κ2) is 8.82. The molecule has 1 saturated heterocycles. The van der Waals surface area contributed by atoms with E-state index in [0.717, 1.165) is 28.6 Å². The molecule has 0 unspecified atom stereocenters. The molecule has 6 nitrogen and oxygen atoms in total. The summed E-state index contributed by atoms with van der Waals surface area (Å²) in [7, 11) is 0. The smallest absolute Gasteiger partial charge is 0.274 e. The van der Waals surface area contributed by atoms with Crippen molar-refractivity contribution in [3.63, 3.8) is 0 Å². The van der Waals surface area contributed by atoms with Crippen molar-refractivity contribution in [3.8, 4) is 0 Å². The molecule has 1 aliphatic carbocycles. The highest BCUT2D eigenvalue weighted by Crippen LogP contribution is 2.41. The SMILES string of the molecule is C[C@@H]1CC[C@H]2C(=O)N(N(CC(=O)c3ccc(F)cc3)C(=O)c3ccccc3Cl)C(=O)[C@H]2C1. The number of hydrazine groups is 1. The first-order chi connectivity index (χ1) is 15.3. The van der Waals surface area contributed by atoms with Gasteiger partial charge in [-0.25, -0.2) is 9.40 Å². The number of nitrogens with zero attached hydrogens (tertiary/aromatic N) is 2. The number of hydrogen-bond donors (Lipinski definition) is 0. The molecule has 3 atom stereocenters. The summed E-state index contributed by atoms with van der Waals surface area (Å²) in [4.78, 5) is 52.8. The summed E-state index contributed by atoms with van der Waals surface area (Å²) in [5, 5.41) is 1.86. The third-order valence-corrected chi connectivity index (χ3v) is 6.53. The number of Topliss-reactive ketones (excluding diaryl/α,β-unsaturated/α-hetero) is 1. The number of benzene rings is 2. The predicted molar refractivity (Wildman–Crippen MR) is 115 cm³/mol. The Balaban J connectivity index is 1.70. The van der Waals surface area contributed by atoms with Crippen LogP contribution in [0.3, 0.4) is 0 Å². The maximum absolute atomic E-state index is 13.4. The van der Waals surface area contributed by atoms with E-state index >= 15 is 0 Å². The molecule has 1 saturated carbocycles. The Hall–Kier alpha value is -3.06. The lowest BCUT2D eigenvalue weighted by atomic mass is 9.76. The first-order valence-corrected chi connectivity index (χ1v) is 10.9. The van der Waals surface area contributed by atoms with Gasteiger partial charge >= 0.3 is 0 Å². The molecule has 1 heterocycles. The second-order valence-corrected chi connectivity index (χ2v) is 8.80. The van der Waals surface area contributed by atoms with Crippen molar-refractivity contribution < 1.29 is 23.6 Å². The van der Waals surface area contributed by atoms with Crippen molar-refractivity contribution in [1.29, 1.82) is 0 Å². The van der Waals surface area contributed by atoms with Gasteiger partial charge in [-0.15, -0.1) is 0 Å². The highest BCUT2D eigenvalue weighted by molar-refractivity contribution is 6.34. The molecular formula is C24H22ClFN2O4. The number of rotatable bonds is 5. The maximum atomic E-state index is 13.4. The second-order valence-electron chi connectivity index (χ2n) is 8.39.